The van der Waals surface area contributed by atoms with Crippen molar-refractivity contribution in [3.63, 3.8) is 0 Å². The second-order valence-corrected chi connectivity index (χ2v) is 9.79. The molecule has 2 aliphatic heterocycles. The van der Waals surface area contributed by atoms with Gasteiger partial charge in [-0.1, -0.05) is 29.3 Å². The number of nitrogens with one attached hydrogen (secondary N) is 2. The average Bonchev–Trinajstić information content (AvgIpc) is 2.96. The molecule has 1 aromatic heterocycles. The minimum absolute atomic E-state index is 0.214. The molecule has 3 heterocycles. The van der Waals surface area contributed by atoms with E-state index in [-0.39, 0.29) is 11.4 Å². The summed E-state index contributed by atoms with van der Waals surface area (Å²) in [6.45, 7) is 2.57. The third kappa shape index (κ3) is 5.22. The summed E-state index contributed by atoms with van der Waals surface area (Å²) in [5.41, 5.74) is 1.02. The second kappa shape index (κ2) is 10.8. The maximum Gasteiger partial charge on any atom is 0.334 e. The van der Waals surface area contributed by atoms with Crippen LogP contribution in [0.1, 0.15) is 12.8 Å². The quantitative estimate of drug-likeness (QED) is 0.358. The second-order valence-electron chi connectivity index (χ2n) is 8.92. The van der Waals surface area contributed by atoms with Crippen molar-refractivity contribution in [3.8, 4) is 11.1 Å². The Bertz CT molecular complexity index is 1310. The van der Waals surface area contributed by atoms with Gasteiger partial charge in [0.1, 0.15) is 11.5 Å². The first-order valence-electron chi connectivity index (χ1n) is 11.9. The van der Waals surface area contributed by atoms with Crippen molar-refractivity contribution in [2.45, 2.75) is 18.9 Å². The van der Waals surface area contributed by atoms with E-state index in [0.29, 0.717) is 46.1 Å². The number of halogens is 4. The summed E-state index contributed by atoms with van der Waals surface area (Å²) < 4.78 is 36.4. The zero-order chi connectivity index (χ0) is 26.1. The number of carbonyl (C=O) groups excluding carboxylic acids is 1. The van der Waals surface area contributed by atoms with Crippen LogP contribution in [0.5, 0.6) is 0 Å². The van der Waals surface area contributed by atoms with E-state index in [9.17, 15) is 4.79 Å². The number of urea groups is 1. The predicted molar refractivity (Wildman–Crippen MR) is 142 cm³/mol. The van der Waals surface area contributed by atoms with Crippen molar-refractivity contribution < 1.29 is 18.3 Å². The average molecular weight is 548 g/mol. The number of amides is 2. The molecule has 3 aromatic rings. The number of aromatic nitrogens is 1. The minimum Gasteiger partial charge on any atom is -0.384 e. The van der Waals surface area contributed by atoms with Gasteiger partial charge in [-0.2, -0.15) is 0 Å². The Morgan fingerprint density at radius 1 is 1.03 bits per heavy atom. The summed E-state index contributed by atoms with van der Waals surface area (Å²) in [5, 5.41) is 7.11. The highest BCUT2D eigenvalue weighted by molar-refractivity contribution is 6.32. The number of ether oxygens (including phenoxy) is 1. The van der Waals surface area contributed by atoms with Crippen molar-refractivity contribution >= 4 is 52.1 Å². The van der Waals surface area contributed by atoms with Gasteiger partial charge < -0.3 is 15.4 Å². The number of rotatable bonds is 6. The number of carbonyl (C=O) groups is 1. The Balaban J connectivity index is 1.46. The first-order chi connectivity index (χ1) is 17.8. The SMILES string of the molecule is CN1C(=O)N(c2c(F)cc(NCCNC3CCOCC3)cc2F)c2cc(Cl)ccc2-c2cc(Cl)cnc21. The van der Waals surface area contributed by atoms with Crippen LogP contribution in [0, 0.1) is 11.6 Å². The molecule has 0 unspecified atom stereocenters. The molecule has 2 aliphatic rings. The third-order valence-electron chi connectivity index (χ3n) is 6.47. The Kier molecular flexibility index (Phi) is 7.48. The molecule has 0 radical (unpaired) electrons. The summed E-state index contributed by atoms with van der Waals surface area (Å²) >= 11 is 12.4. The zero-order valence-corrected chi connectivity index (χ0v) is 21.5. The lowest BCUT2D eigenvalue weighted by Crippen LogP contribution is -2.39. The molecule has 11 heteroatoms. The van der Waals surface area contributed by atoms with Crippen LogP contribution in [0.2, 0.25) is 10.0 Å². The summed E-state index contributed by atoms with van der Waals surface area (Å²) in [4.78, 5) is 20.1. The van der Waals surface area contributed by atoms with Gasteiger partial charge in [0.15, 0.2) is 11.6 Å². The van der Waals surface area contributed by atoms with Crippen LogP contribution in [-0.2, 0) is 4.74 Å². The lowest BCUT2D eigenvalue weighted by atomic mass is 10.0. The molecule has 2 N–H and O–H groups in total. The molecule has 1 saturated heterocycles. The highest BCUT2D eigenvalue weighted by Crippen LogP contribution is 2.45. The van der Waals surface area contributed by atoms with Crippen molar-refractivity contribution in [2.24, 2.45) is 0 Å². The lowest BCUT2D eigenvalue weighted by molar-refractivity contribution is 0.0784. The fourth-order valence-corrected chi connectivity index (χ4v) is 4.97. The summed E-state index contributed by atoms with van der Waals surface area (Å²) in [5.74, 6) is -1.49. The van der Waals surface area contributed by atoms with Crippen molar-refractivity contribution in [1.82, 2.24) is 10.3 Å². The molecule has 0 atom stereocenters. The first-order valence-corrected chi connectivity index (χ1v) is 12.7. The Hall–Kier alpha value is -2.98. The van der Waals surface area contributed by atoms with Crippen LogP contribution < -0.4 is 20.4 Å². The van der Waals surface area contributed by atoms with Gasteiger partial charge in [-0.3, -0.25) is 9.80 Å². The standard InChI is InChI=1S/C26H25Cl2F2N5O2/c1-34-25-20(10-16(28)14-33-25)19-3-2-15(27)11-23(19)35(26(34)36)24-21(29)12-18(13-22(24)30)32-7-6-31-17-4-8-37-9-5-17/h2-3,10-14,17,31-32H,4-9H2,1H3. The van der Waals surface area contributed by atoms with E-state index in [2.05, 4.69) is 15.6 Å². The monoisotopic (exact) mass is 547 g/mol. The van der Waals surface area contributed by atoms with Gasteiger partial charge in [0.25, 0.3) is 0 Å². The predicted octanol–water partition coefficient (Wildman–Crippen LogP) is 6.22. The smallest absolute Gasteiger partial charge is 0.334 e. The van der Waals surface area contributed by atoms with Gasteiger partial charge in [-0.05, 0) is 43.2 Å². The molecule has 1 fully saturated rings. The number of pyridine rings is 1. The van der Waals surface area contributed by atoms with Gasteiger partial charge in [0, 0.05) is 67.4 Å². The molecule has 0 saturated carbocycles. The zero-order valence-electron chi connectivity index (χ0n) is 20.0. The van der Waals surface area contributed by atoms with Crippen LogP contribution in [0.4, 0.5) is 36.5 Å². The minimum atomic E-state index is -0.899. The maximum atomic E-state index is 15.5. The fraction of sp³-hybridized carbons (Fsp3) is 0.308. The molecule has 7 nitrogen and oxygen atoms in total. The summed E-state index contributed by atoms with van der Waals surface area (Å²) in [6.07, 6.45) is 3.29. The van der Waals surface area contributed by atoms with E-state index in [1.54, 1.807) is 18.2 Å². The van der Waals surface area contributed by atoms with Gasteiger partial charge in [-0.25, -0.2) is 18.6 Å². The molecular formula is C26H25Cl2F2N5O2. The summed E-state index contributed by atoms with van der Waals surface area (Å²) in [6, 6.07) is 8.48. The van der Waals surface area contributed by atoms with E-state index in [0.717, 1.165) is 31.0 Å². The molecule has 5 rings (SSSR count). The largest absolute Gasteiger partial charge is 0.384 e. The van der Waals surface area contributed by atoms with Crippen LogP contribution in [0.3, 0.4) is 0 Å². The fourth-order valence-electron chi connectivity index (χ4n) is 4.64. The topological polar surface area (TPSA) is 69.7 Å². The van der Waals surface area contributed by atoms with Crippen molar-refractivity contribution in [3.05, 3.63) is 64.3 Å². The molecular weight excluding hydrogens is 523 g/mol. The van der Waals surface area contributed by atoms with Crippen LogP contribution in [-0.4, -0.2) is 50.4 Å². The summed E-state index contributed by atoms with van der Waals surface area (Å²) in [7, 11) is 1.49. The normalized spacial score (nSPS) is 15.9. The number of benzene rings is 2. The molecule has 37 heavy (non-hydrogen) atoms. The molecule has 0 bridgehead atoms. The van der Waals surface area contributed by atoms with Gasteiger partial charge in [0.05, 0.1) is 10.7 Å². The van der Waals surface area contributed by atoms with E-state index in [1.807, 2.05) is 0 Å². The van der Waals surface area contributed by atoms with Crippen LogP contribution in [0.25, 0.3) is 11.1 Å². The molecule has 0 aliphatic carbocycles. The molecule has 2 amide bonds. The number of anilines is 4. The molecule has 194 valence electrons. The maximum absolute atomic E-state index is 15.5. The van der Waals surface area contributed by atoms with E-state index in [1.165, 1.54) is 36.3 Å². The van der Waals surface area contributed by atoms with Crippen molar-refractivity contribution in [1.29, 1.82) is 0 Å². The molecule has 0 spiro atoms. The van der Waals surface area contributed by atoms with Gasteiger partial charge in [-0.15, -0.1) is 0 Å². The highest BCUT2D eigenvalue weighted by atomic mass is 35.5. The van der Waals surface area contributed by atoms with E-state index in [4.69, 9.17) is 27.9 Å². The number of hydrogen-bond acceptors (Lipinski definition) is 5. The first kappa shape index (κ1) is 25.7. The Morgan fingerprint density at radius 3 is 2.49 bits per heavy atom. The van der Waals surface area contributed by atoms with Crippen LogP contribution in [0.15, 0.2) is 42.6 Å². The number of nitrogens with zero attached hydrogens (tertiary/aromatic N) is 3. The molecule has 2 aromatic carbocycles. The number of hydrogen-bond donors (Lipinski definition) is 2. The lowest BCUT2D eigenvalue weighted by Gasteiger charge is -2.27. The number of fused-ring (bicyclic) bond motifs is 3. The van der Waals surface area contributed by atoms with Gasteiger partial charge in [0.2, 0.25) is 0 Å². The third-order valence-corrected chi connectivity index (χ3v) is 6.91. The highest BCUT2D eigenvalue weighted by Gasteiger charge is 2.35. The van der Waals surface area contributed by atoms with E-state index < -0.39 is 23.4 Å². The Morgan fingerprint density at radius 2 is 1.76 bits per heavy atom. The van der Waals surface area contributed by atoms with Crippen LogP contribution >= 0.6 is 23.2 Å². The van der Waals surface area contributed by atoms with E-state index >= 15 is 8.78 Å². The Labute approximate surface area is 223 Å². The van der Waals surface area contributed by atoms with Crippen molar-refractivity contribution in [2.75, 3.05) is 48.5 Å². The van der Waals surface area contributed by atoms with Gasteiger partial charge >= 0.3 is 6.03 Å².